The van der Waals surface area contributed by atoms with Gasteiger partial charge in [0.25, 0.3) is 0 Å². The predicted molar refractivity (Wildman–Crippen MR) is 79.4 cm³/mol. The van der Waals surface area contributed by atoms with Crippen LogP contribution in [0.4, 0.5) is 8.78 Å². The van der Waals surface area contributed by atoms with Crippen LogP contribution in [0.15, 0.2) is 47.4 Å². The van der Waals surface area contributed by atoms with Crippen LogP contribution in [0.5, 0.6) is 0 Å². The Balaban J connectivity index is 2.20. The van der Waals surface area contributed by atoms with Crippen LogP contribution in [0.2, 0.25) is 5.02 Å². The molecule has 0 amide bonds. The fourth-order valence-corrected chi connectivity index (χ4v) is 2.31. The number of halogens is 3. The van der Waals surface area contributed by atoms with Gasteiger partial charge in [-0.15, -0.1) is 0 Å². The minimum absolute atomic E-state index is 0.140. The van der Waals surface area contributed by atoms with E-state index in [1.807, 2.05) is 0 Å². The molecule has 0 aliphatic heterocycles. The van der Waals surface area contributed by atoms with E-state index in [2.05, 4.69) is 4.98 Å². The molecule has 110 valence electrons. The molecule has 3 aromatic rings. The van der Waals surface area contributed by atoms with Gasteiger partial charge in [0.2, 0.25) is 5.43 Å². The maximum Gasteiger partial charge on any atom is 0.200 e. The fourth-order valence-electron chi connectivity index (χ4n) is 2.18. The number of hydrogen-bond acceptors (Lipinski definition) is 2. The smallest absolute Gasteiger partial charge is 0.200 e. The quantitative estimate of drug-likeness (QED) is 0.732. The molecule has 0 unspecified atom stereocenters. The maximum absolute atomic E-state index is 13.6. The van der Waals surface area contributed by atoms with Gasteiger partial charge in [-0.2, -0.15) is 0 Å². The van der Waals surface area contributed by atoms with Crippen molar-refractivity contribution >= 4 is 28.3 Å². The lowest BCUT2D eigenvalue weighted by Crippen LogP contribution is -2.17. The Morgan fingerprint density at radius 2 is 1.77 bits per heavy atom. The van der Waals surface area contributed by atoms with Crippen molar-refractivity contribution in [2.45, 2.75) is 0 Å². The van der Waals surface area contributed by atoms with Crippen molar-refractivity contribution in [3.63, 3.8) is 0 Å². The molecule has 0 aliphatic rings. The molecule has 1 aromatic heterocycles. The van der Waals surface area contributed by atoms with Gasteiger partial charge < -0.3 is 4.98 Å². The number of carbonyl (C=O) groups excluding carboxylic acids is 1. The van der Waals surface area contributed by atoms with Crippen LogP contribution >= 0.6 is 11.6 Å². The van der Waals surface area contributed by atoms with Crippen LogP contribution < -0.4 is 5.43 Å². The number of H-pyrrole nitrogens is 1. The molecule has 2 aromatic carbocycles. The minimum Gasteiger partial charge on any atom is -0.358 e. The summed E-state index contributed by atoms with van der Waals surface area (Å²) in [6.45, 7) is 0. The largest absolute Gasteiger partial charge is 0.358 e. The van der Waals surface area contributed by atoms with Crippen LogP contribution in [0.1, 0.15) is 15.9 Å². The Kier molecular flexibility index (Phi) is 3.50. The normalized spacial score (nSPS) is 10.9. The number of fused-ring (bicyclic) bond motifs is 1. The molecule has 6 heteroatoms. The lowest BCUT2D eigenvalue weighted by atomic mass is 10.0. The third-order valence-corrected chi connectivity index (χ3v) is 3.51. The Hall–Kier alpha value is -2.53. The van der Waals surface area contributed by atoms with E-state index >= 15 is 0 Å². The van der Waals surface area contributed by atoms with Crippen LogP contribution in [0, 0.1) is 11.6 Å². The lowest BCUT2D eigenvalue weighted by Gasteiger charge is -2.04. The Bertz CT molecular complexity index is 949. The Morgan fingerprint density at radius 3 is 2.45 bits per heavy atom. The molecule has 0 bridgehead atoms. The molecule has 3 nitrogen and oxygen atoms in total. The van der Waals surface area contributed by atoms with Gasteiger partial charge >= 0.3 is 0 Å². The van der Waals surface area contributed by atoms with E-state index in [9.17, 15) is 18.4 Å². The highest BCUT2D eigenvalue weighted by atomic mass is 35.5. The zero-order valence-corrected chi connectivity index (χ0v) is 11.7. The SMILES string of the molecule is O=C(c1ccc(Cl)cc1)c1c[nH]c2c(F)cc(F)cc2c1=O. The number of aromatic nitrogens is 1. The van der Waals surface area contributed by atoms with Crippen molar-refractivity contribution in [1.29, 1.82) is 0 Å². The summed E-state index contributed by atoms with van der Waals surface area (Å²) in [4.78, 5) is 27.2. The molecular formula is C16H8ClF2NO2. The number of carbonyl (C=O) groups is 1. The third kappa shape index (κ3) is 2.40. The summed E-state index contributed by atoms with van der Waals surface area (Å²) in [7, 11) is 0. The molecule has 0 atom stereocenters. The van der Waals surface area contributed by atoms with E-state index in [1.165, 1.54) is 24.3 Å². The summed E-state index contributed by atoms with van der Waals surface area (Å²) >= 11 is 5.74. The topological polar surface area (TPSA) is 49.9 Å². The molecule has 1 N–H and O–H groups in total. The Labute approximate surface area is 128 Å². The highest BCUT2D eigenvalue weighted by Crippen LogP contribution is 2.17. The number of aromatic amines is 1. The van der Waals surface area contributed by atoms with Gasteiger partial charge in [0, 0.05) is 22.8 Å². The number of ketones is 1. The molecule has 0 saturated carbocycles. The van der Waals surface area contributed by atoms with Gasteiger partial charge in [0.05, 0.1) is 16.5 Å². The summed E-state index contributed by atoms with van der Waals surface area (Å²) in [6, 6.07) is 7.54. The molecule has 0 spiro atoms. The third-order valence-electron chi connectivity index (χ3n) is 3.26. The van der Waals surface area contributed by atoms with E-state index in [-0.39, 0.29) is 22.0 Å². The molecule has 1 heterocycles. The number of pyridine rings is 1. The van der Waals surface area contributed by atoms with Gasteiger partial charge in [-0.1, -0.05) is 11.6 Å². The van der Waals surface area contributed by atoms with Crippen LogP contribution in [-0.4, -0.2) is 10.8 Å². The number of rotatable bonds is 2. The fraction of sp³-hybridized carbons (Fsp3) is 0. The second-order valence-corrected chi connectivity index (χ2v) is 5.11. The van der Waals surface area contributed by atoms with Gasteiger partial charge in [0.1, 0.15) is 11.6 Å². The molecule has 3 rings (SSSR count). The molecule has 0 saturated heterocycles. The molecule has 0 fully saturated rings. The number of nitrogens with one attached hydrogen (secondary N) is 1. The van der Waals surface area contributed by atoms with E-state index in [4.69, 9.17) is 11.6 Å². The average Bonchev–Trinajstić information content (AvgIpc) is 2.48. The summed E-state index contributed by atoms with van der Waals surface area (Å²) in [6.07, 6.45) is 1.13. The molecule has 0 radical (unpaired) electrons. The van der Waals surface area contributed by atoms with Gasteiger partial charge in [0.15, 0.2) is 5.78 Å². The monoisotopic (exact) mass is 319 g/mol. The van der Waals surface area contributed by atoms with Crippen molar-refractivity contribution in [3.8, 4) is 0 Å². The first-order valence-electron chi connectivity index (χ1n) is 6.28. The van der Waals surface area contributed by atoms with Crippen molar-refractivity contribution in [2.75, 3.05) is 0 Å². The molecular weight excluding hydrogens is 312 g/mol. The van der Waals surface area contributed by atoms with Gasteiger partial charge in [-0.25, -0.2) is 8.78 Å². The van der Waals surface area contributed by atoms with E-state index in [1.54, 1.807) is 0 Å². The summed E-state index contributed by atoms with van der Waals surface area (Å²) in [5.74, 6) is -2.33. The zero-order chi connectivity index (χ0) is 15.9. The van der Waals surface area contributed by atoms with Crippen molar-refractivity contribution in [2.24, 2.45) is 0 Å². The van der Waals surface area contributed by atoms with Crippen molar-refractivity contribution in [1.82, 2.24) is 4.98 Å². The zero-order valence-electron chi connectivity index (χ0n) is 11.0. The van der Waals surface area contributed by atoms with Crippen molar-refractivity contribution in [3.05, 3.63) is 80.6 Å². The molecule has 22 heavy (non-hydrogen) atoms. The number of hydrogen-bond donors (Lipinski definition) is 1. The maximum atomic E-state index is 13.6. The summed E-state index contributed by atoms with van der Waals surface area (Å²) in [5, 5.41) is 0.241. The standard InChI is InChI=1S/C16H8ClF2NO2/c17-9-3-1-8(2-4-9)15(21)12-7-20-14-11(16(12)22)5-10(18)6-13(14)19/h1-7H,(H,20,22). The first-order chi connectivity index (χ1) is 10.5. The van der Waals surface area contributed by atoms with Gasteiger partial charge in [-0.05, 0) is 30.3 Å². The highest BCUT2D eigenvalue weighted by Gasteiger charge is 2.17. The van der Waals surface area contributed by atoms with Crippen LogP contribution in [0.25, 0.3) is 10.9 Å². The lowest BCUT2D eigenvalue weighted by molar-refractivity contribution is 0.103. The first kappa shape index (κ1) is 14.4. The van der Waals surface area contributed by atoms with Crippen molar-refractivity contribution < 1.29 is 13.6 Å². The Morgan fingerprint density at radius 1 is 1.09 bits per heavy atom. The minimum atomic E-state index is -0.891. The average molecular weight is 320 g/mol. The second kappa shape index (κ2) is 5.35. The highest BCUT2D eigenvalue weighted by molar-refractivity contribution is 6.30. The van der Waals surface area contributed by atoms with E-state index < -0.39 is 22.8 Å². The van der Waals surface area contributed by atoms with Crippen LogP contribution in [-0.2, 0) is 0 Å². The van der Waals surface area contributed by atoms with Crippen LogP contribution in [0.3, 0.4) is 0 Å². The predicted octanol–water partition coefficient (Wildman–Crippen LogP) is 3.69. The van der Waals surface area contributed by atoms with E-state index in [0.717, 1.165) is 12.3 Å². The van der Waals surface area contributed by atoms with E-state index in [0.29, 0.717) is 11.1 Å². The first-order valence-corrected chi connectivity index (χ1v) is 6.66. The molecule has 0 aliphatic carbocycles. The number of benzene rings is 2. The second-order valence-electron chi connectivity index (χ2n) is 4.68. The summed E-state index contributed by atoms with van der Waals surface area (Å²) in [5.41, 5.74) is -0.808. The van der Waals surface area contributed by atoms with Gasteiger partial charge in [-0.3, -0.25) is 9.59 Å². The summed E-state index contributed by atoms with van der Waals surface area (Å²) < 4.78 is 26.9.